The summed E-state index contributed by atoms with van der Waals surface area (Å²) in [5.41, 5.74) is 3.38. The van der Waals surface area contributed by atoms with Gasteiger partial charge >= 0.3 is 12.1 Å². The Kier molecular flexibility index (Phi) is 4.07. The lowest BCUT2D eigenvalue weighted by molar-refractivity contribution is -0.159. The topological polar surface area (TPSA) is 76.8 Å². The number of methoxy groups -OCH3 is 1. The number of rotatable bonds is 4. The lowest BCUT2D eigenvalue weighted by atomic mass is 9.96. The first kappa shape index (κ1) is 18.1. The first-order valence-electron chi connectivity index (χ1n) is 8.85. The molecule has 1 saturated heterocycles. The van der Waals surface area contributed by atoms with Crippen LogP contribution >= 0.6 is 0 Å². The highest BCUT2D eigenvalue weighted by Gasteiger charge is 2.49. The van der Waals surface area contributed by atoms with E-state index in [-0.39, 0.29) is 18.2 Å². The number of pyridine rings is 1. The number of halogens is 3. The van der Waals surface area contributed by atoms with Gasteiger partial charge < -0.3 is 14.0 Å². The van der Waals surface area contributed by atoms with E-state index < -0.39 is 12.1 Å². The molecule has 0 bridgehead atoms. The molecule has 29 heavy (non-hydrogen) atoms. The van der Waals surface area contributed by atoms with Crippen molar-refractivity contribution in [1.29, 1.82) is 0 Å². The van der Waals surface area contributed by atoms with Gasteiger partial charge in [-0.3, -0.25) is 4.90 Å². The fourth-order valence-corrected chi connectivity index (χ4v) is 3.61. The second-order valence-corrected chi connectivity index (χ2v) is 6.86. The number of aromatic nitrogens is 3. The van der Waals surface area contributed by atoms with Gasteiger partial charge in [0.25, 0.3) is 0 Å². The van der Waals surface area contributed by atoms with E-state index in [1.54, 1.807) is 25.4 Å². The van der Waals surface area contributed by atoms with Crippen molar-refractivity contribution in [3.8, 4) is 17.3 Å². The average Bonchev–Trinajstić information content (AvgIpc) is 3.35. The monoisotopic (exact) mass is 404 g/mol. The molecule has 150 valence electrons. The summed E-state index contributed by atoms with van der Waals surface area (Å²) in [7, 11) is 1.58. The summed E-state index contributed by atoms with van der Waals surface area (Å²) >= 11 is 0. The van der Waals surface area contributed by atoms with E-state index in [2.05, 4.69) is 24.5 Å². The molecule has 0 spiro atoms. The minimum atomic E-state index is -4.67. The summed E-state index contributed by atoms with van der Waals surface area (Å²) in [6.45, 7) is 1.24. The van der Waals surface area contributed by atoms with Crippen LogP contribution in [-0.4, -0.2) is 33.4 Å². The van der Waals surface area contributed by atoms with Crippen LogP contribution in [0.3, 0.4) is 0 Å². The van der Waals surface area contributed by atoms with Gasteiger partial charge in [-0.05, 0) is 23.3 Å². The van der Waals surface area contributed by atoms with Gasteiger partial charge in [0.15, 0.2) is 0 Å². The van der Waals surface area contributed by atoms with Gasteiger partial charge in [0.2, 0.25) is 11.7 Å². The number of fused-ring (bicyclic) bond motifs is 3. The van der Waals surface area contributed by atoms with Crippen molar-refractivity contribution in [2.75, 3.05) is 7.11 Å². The third-order valence-corrected chi connectivity index (χ3v) is 5.00. The number of nitrogens with zero attached hydrogens (tertiary/aromatic N) is 4. The molecule has 1 aromatic carbocycles. The molecular weight excluding hydrogens is 389 g/mol. The number of hydrogen-bond donors (Lipinski definition) is 0. The van der Waals surface area contributed by atoms with Crippen LogP contribution in [0.4, 0.5) is 13.2 Å². The molecule has 0 radical (unpaired) electrons. The van der Waals surface area contributed by atoms with E-state index in [9.17, 15) is 13.2 Å². The van der Waals surface area contributed by atoms with E-state index in [0.717, 1.165) is 16.7 Å². The Balaban J connectivity index is 1.39. The molecule has 1 fully saturated rings. The van der Waals surface area contributed by atoms with E-state index in [1.807, 2.05) is 18.2 Å². The third kappa shape index (κ3) is 3.23. The molecule has 0 amide bonds. The van der Waals surface area contributed by atoms with Crippen LogP contribution < -0.4 is 4.74 Å². The molecule has 2 aromatic heterocycles. The fourth-order valence-electron chi connectivity index (χ4n) is 3.61. The van der Waals surface area contributed by atoms with Gasteiger partial charge in [0.1, 0.15) is 12.3 Å². The molecule has 10 heteroatoms. The lowest BCUT2D eigenvalue weighted by Crippen LogP contribution is -2.30. The first-order chi connectivity index (χ1) is 13.9. The molecule has 4 heterocycles. The highest BCUT2D eigenvalue weighted by Crippen LogP contribution is 2.48. The number of alkyl halides is 3. The number of benzene rings is 1. The molecule has 3 aromatic rings. The molecule has 5 rings (SSSR count). The summed E-state index contributed by atoms with van der Waals surface area (Å²) in [4.78, 5) is 9.84. The molecule has 2 unspecified atom stereocenters. The van der Waals surface area contributed by atoms with E-state index >= 15 is 0 Å². The summed E-state index contributed by atoms with van der Waals surface area (Å²) in [5, 5.41) is 3.45. The smallest absolute Gasteiger partial charge is 0.471 e. The fraction of sp³-hybridized carbons (Fsp3) is 0.316. The lowest BCUT2D eigenvalue weighted by Gasteiger charge is -2.26. The van der Waals surface area contributed by atoms with Crippen molar-refractivity contribution < 1.29 is 27.2 Å². The van der Waals surface area contributed by atoms with E-state index in [1.165, 1.54) is 0 Å². The predicted molar refractivity (Wildman–Crippen MR) is 92.4 cm³/mol. The largest absolute Gasteiger partial charge is 0.481 e. The van der Waals surface area contributed by atoms with Crippen LogP contribution in [0.1, 0.15) is 28.7 Å². The maximum Gasteiger partial charge on any atom is 0.471 e. The Morgan fingerprint density at radius 3 is 2.90 bits per heavy atom. The zero-order valence-electron chi connectivity index (χ0n) is 15.2. The second kappa shape index (κ2) is 6.53. The number of hydrogen-bond acceptors (Lipinski definition) is 7. The maximum atomic E-state index is 12.7. The van der Waals surface area contributed by atoms with Gasteiger partial charge in [-0.15, -0.1) is 0 Å². The number of ether oxygens (including phenoxy) is 2. The van der Waals surface area contributed by atoms with Crippen LogP contribution in [0.5, 0.6) is 5.88 Å². The normalized spacial score (nSPS) is 20.8. The van der Waals surface area contributed by atoms with Gasteiger partial charge in [-0.25, -0.2) is 4.98 Å². The first-order valence-corrected chi connectivity index (χ1v) is 8.85. The molecule has 2 aliphatic rings. The summed E-state index contributed by atoms with van der Waals surface area (Å²) in [5.74, 6) is -0.884. The quantitative estimate of drug-likeness (QED) is 0.615. The maximum absolute atomic E-state index is 12.7. The molecule has 0 saturated carbocycles. The Bertz CT molecular complexity index is 1070. The second-order valence-electron chi connectivity index (χ2n) is 6.86. The Hall–Kier alpha value is -2.98. The van der Waals surface area contributed by atoms with Gasteiger partial charge in [0, 0.05) is 30.4 Å². The molecular formula is C19H15F3N4O3. The minimum absolute atomic E-state index is 0.0974. The van der Waals surface area contributed by atoms with E-state index in [4.69, 9.17) is 9.47 Å². The zero-order valence-corrected chi connectivity index (χ0v) is 15.2. The number of epoxide rings is 1. The van der Waals surface area contributed by atoms with Crippen molar-refractivity contribution in [3.05, 3.63) is 59.1 Å². The molecule has 0 N–H and O–H groups in total. The standard InChI is InChI=1S/C19H15F3N4O3/c1-27-16-12(3-2-6-23-16)9-26-8-11-5-4-10(7-13(11)14-17(26)28-14)15-24-18(29-25-15)19(20,21)22/h2-7,14,17H,8-9H2,1H3. The molecule has 2 aliphatic heterocycles. The third-order valence-electron chi connectivity index (χ3n) is 5.00. The van der Waals surface area contributed by atoms with Crippen molar-refractivity contribution in [3.63, 3.8) is 0 Å². The van der Waals surface area contributed by atoms with Gasteiger partial charge in [-0.1, -0.05) is 23.4 Å². The zero-order chi connectivity index (χ0) is 20.2. The molecule has 0 aliphatic carbocycles. The van der Waals surface area contributed by atoms with Crippen molar-refractivity contribution in [2.45, 2.75) is 31.6 Å². The Morgan fingerprint density at radius 2 is 2.14 bits per heavy atom. The van der Waals surface area contributed by atoms with Crippen molar-refractivity contribution >= 4 is 0 Å². The van der Waals surface area contributed by atoms with Gasteiger partial charge in [-0.2, -0.15) is 18.2 Å². The van der Waals surface area contributed by atoms with Crippen LogP contribution in [0.25, 0.3) is 11.4 Å². The van der Waals surface area contributed by atoms with Crippen LogP contribution in [-0.2, 0) is 24.0 Å². The van der Waals surface area contributed by atoms with Crippen LogP contribution in [0.15, 0.2) is 41.1 Å². The summed E-state index contributed by atoms with van der Waals surface area (Å²) in [6, 6.07) is 9.13. The van der Waals surface area contributed by atoms with E-state index in [0.29, 0.717) is 24.5 Å². The molecule has 2 atom stereocenters. The van der Waals surface area contributed by atoms with Crippen LogP contribution in [0, 0.1) is 0 Å². The summed E-state index contributed by atoms with van der Waals surface area (Å²) < 4.78 is 53.6. The predicted octanol–water partition coefficient (Wildman–Crippen LogP) is 3.57. The summed E-state index contributed by atoms with van der Waals surface area (Å²) in [6.07, 6.45) is -3.24. The average molecular weight is 404 g/mol. The highest BCUT2D eigenvalue weighted by molar-refractivity contribution is 5.58. The minimum Gasteiger partial charge on any atom is -0.481 e. The molecule has 7 nitrogen and oxygen atoms in total. The van der Waals surface area contributed by atoms with Crippen molar-refractivity contribution in [1.82, 2.24) is 20.0 Å². The highest BCUT2D eigenvalue weighted by atomic mass is 19.4. The van der Waals surface area contributed by atoms with Crippen LogP contribution in [0.2, 0.25) is 0 Å². The van der Waals surface area contributed by atoms with Gasteiger partial charge in [0.05, 0.1) is 7.11 Å². The SMILES string of the molecule is COc1ncccc1CN1Cc2ccc(-c3noc(C(F)(F)F)n3)cc2C2OC21. The van der Waals surface area contributed by atoms with Crippen molar-refractivity contribution in [2.24, 2.45) is 0 Å². The Morgan fingerprint density at radius 1 is 1.28 bits per heavy atom. The Labute approximate surface area is 163 Å².